The lowest BCUT2D eigenvalue weighted by molar-refractivity contribution is 1.09. The molecule has 0 amide bonds. The maximum absolute atomic E-state index is 6.16. The van der Waals surface area contributed by atoms with Gasteiger partial charge in [-0.15, -0.1) is 0 Å². The van der Waals surface area contributed by atoms with Crippen molar-refractivity contribution in [2.75, 3.05) is 10.6 Å². The van der Waals surface area contributed by atoms with E-state index < -0.39 is 0 Å². The number of rotatable bonds is 1. The van der Waals surface area contributed by atoms with Gasteiger partial charge in [0.2, 0.25) is 5.28 Å². The Labute approximate surface area is 115 Å². The summed E-state index contributed by atoms with van der Waals surface area (Å²) in [7, 11) is 0. The van der Waals surface area contributed by atoms with Crippen molar-refractivity contribution in [3.05, 3.63) is 52.8 Å². The lowest BCUT2D eigenvalue weighted by Crippen LogP contribution is -2.12. The summed E-state index contributed by atoms with van der Waals surface area (Å²) in [6, 6.07) is 7.86. The molecule has 5 nitrogen and oxygen atoms in total. The van der Waals surface area contributed by atoms with Gasteiger partial charge >= 0.3 is 0 Å². The van der Waals surface area contributed by atoms with E-state index in [1.807, 2.05) is 31.2 Å². The summed E-state index contributed by atoms with van der Waals surface area (Å²) in [5, 5.41) is 6.62. The fraction of sp³-hybridized carbons (Fsp3) is 0.0769. The number of fused-ring (bicyclic) bond motifs is 1. The molecular weight excluding hydrogens is 262 g/mol. The lowest BCUT2D eigenvalue weighted by atomic mass is 10.2. The van der Waals surface area contributed by atoms with Crippen LogP contribution in [0.25, 0.3) is 5.70 Å². The maximum Gasteiger partial charge on any atom is 0.222 e. The van der Waals surface area contributed by atoms with Crippen LogP contribution < -0.4 is 16.4 Å². The molecule has 0 bridgehead atoms. The van der Waals surface area contributed by atoms with Crippen molar-refractivity contribution in [2.24, 2.45) is 5.73 Å². The molecule has 1 aliphatic rings. The molecule has 0 saturated carbocycles. The van der Waals surface area contributed by atoms with E-state index in [9.17, 15) is 0 Å². The van der Waals surface area contributed by atoms with Crippen LogP contribution in [0, 0.1) is 6.92 Å². The largest absolute Gasteiger partial charge is 0.394 e. The quantitative estimate of drug-likeness (QED) is 0.696. The van der Waals surface area contributed by atoms with Gasteiger partial charge in [0, 0.05) is 6.20 Å². The molecule has 6 heteroatoms. The number of aromatic nitrogens is 2. The molecule has 96 valence electrons. The molecule has 19 heavy (non-hydrogen) atoms. The minimum atomic E-state index is 0.180. The van der Waals surface area contributed by atoms with Gasteiger partial charge in [-0.3, -0.25) is 0 Å². The molecule has 1 aromatic carbocycles. The molecule has 0 unspecified atom stereocenters. The van der Waals surface area contributed by atoms with E-state index in [1.54, 1.807) is 6.20 Å². The highest BCUT2D eigenvalue weighted by Gasteiger charge is 2.18. The molecule has 1 aliphatic heterocycles. The predicted octanol–water partition coefficient (Wildman–Crippen LogP) is 2.56. The Morgan fingerprint density at radius 1 is 1.21 bits per heavy atom. The Balaban J connectivity index is 2.03. The standard InChI is InChI=1S/C13H12ClN5/c1-7-6-16-13(14)19-11(7)10(15)12-17-8-4-2-3-5-9(8)18-12/h2-6,17-18H,15H2,1H3. The summed E-state index contributed by atoms with van der Waals surface area (Å²) in [6.45, 7) is 1.89. The van der Waals surface area contributed by atoms with Crippen LogP contribution in [-0.4, -0.2) is 9.97 Å². The minimum Gasteiger partial charge on any atom is -0.394 e. The Morgan fingerprint density at radius 3 is 2.47 bits per heavy atom. The Morgan fingerprint density at radius 2 is 1.84 bits per heavy atom. The monoisotopic (exact) mass is 273 g/mol. The van der Waals surface area contributed by atoms with Crippen molar-refractivity contribution in [2.45, 2.75) is 6.92 Å². The summed E-state index contributed by atoms with van der Waals surface area (Å²) in [5.74, 6) is 0.707. The summed E-state index contributed by atoms with van der Waals surface area (Å²) in [6.07, 6.45) is 1.65. The smallest absolute Gasteiger partial charge is 0.222 e. The molecule has 0 radical (unpaired) electrons. The third-order valence-corrected chi connectivity index (χ3v) is 3.10. The first-order chi connectivity index (χ1) is 9.15. The van der Waals surface area contributed by atoms with E-state index in [1.165, 1.54) is 0 Å². The maximum atomic E-state index is 6.16. The van der Waals surface area contributed by atoms with Crippen LogP contribution in [-0.2, 0) is 0 Å². The summed E-state index contributed by atoms with van der Waals surface area (Å²) >= 11 is 5.82. The van der Waals surface area contributed by atoms with E-state index >= 15 is 0 Å². The summed E-state index contributed by atoms with van der Waals surface area (Å²) in [4.78, 5) is 8.09. The summed E-state index contributed by atoms with van der Waals surface area (Å²) in [5.41, 5.74) is 10.1. The second-order valence-corrected chi connectivity index (χ2v) is 4.59. The zero-order valence-corrected chi connectivity index (χ0v) is 11.0. The molecule has 1 aromatic heterocycles. The fourth-order valence-electron chi connectivity index (χ4n) is 1.95. The van der Waals surface area contributed by atoms with Gasteiger partial charge in [0.05, 0.1) is 22.8 Å². The molecule has 0 atom stereocenters. The van der Waals surface area contributed by atoms with Crippen molar-refractivity contribution >= 4 is 28.7 Å². The highest BCUT2D eigenvalue weighted by Crippen LogP contribution is 2.32. The van der Waals surface area contributed by atoms with E-state index in [0.717, 1.165) is 16.9 Å². The van der Waals surface area contributed by atoms with Crippen molar-refractivity contribution in [3.8, 4) is 0 Å². The average molecular weight is 274 g/mol. The second-order valence-electron chi connectivity index (χ2n) is 4.25. The minimum absolute atomic E-state index is 0.180. The van der Waals surface area contributed by atoms with Crippen molar-refractivity contribution in [1.29, 1.82) is 0 Å². The van der Waals surface area contributed by atoms with Gasteiger partial charge in [0.25, 0.3) is 0 Å². The van der Waals surface area contributed by atoms with Gasteiger partial charge in [-0.25, -0.2) is 9.97 Å². The van der Waals surface area contributed by atoms with E-state index in [4.69, 9.17) is 17.3 Å². The third kappa shape index (κ3) is 2.08. The molecule has 0 spiro atoms. The number of para-hydroxylation sites is 2. The zero-order chi connectivity index (χ0) is 13.4. The van der Waals surface area contributed by atoms with Gasteiger partial charge in [-0.05, 0) is 36.2 Å². The van der Waals surface area contributed by atoms with Crippen LogP contribution in [0.1, 0.15) is 11.3 Å². The molecule has 3 rings (SSSR count). The number of nitrogens with zero attached hydrogens (tertiary/aromatic N) is 2. The van der Waals surface area contributed by atoms with E-state index in [2.05, 4.69) is 20.6 Å². The van der Waals surface area contributed by atoms with Crippen molar-refractivity contribution in [3.63, 3.8) is 0 Å². The van der Waals surface area contributed by atoms with E-state index in [0.29, 0.717) is 17.2 Å². The highest BCUT2D eigenvalue weighted by molar-refractivity contribution is 6.28. The average Bonchev–Trinajstić information content (AvgIpc) is 2.84. The molecule has 2 heterocycles. The van der Waals surface area contributed by atoms with Gasteiger partial charge in [-0.1, -0.05) is 12.1 Å². The molecule has 0 fully saturated rings. The molecule has 2 aromatic rings. The number of aryl methyl sites for hydroxylation is 1. The first-order valence-electron chi connectivity index (χ1n) is 5.77. The molecular formula is C13H12ClN5. The van der Waals surface area contributed by atoms with Crippen molar-refractivity contribution in [1.82, 2.24) is 9.97 Å². The normalized spacial score (nSPS) is 12.6. The van der Waals surface area contributed by atoms with Crippen LogP contribution in [0.3, 0.4) is 0 Å². The lowest BCUT2D eigenvalue weighted by Gasteiger charge is -2.09. The predicted molar refractivity (Wildman–Crippen MR) is 76.6 cm³/mol. The first kappa shape index (κ1) is 11.8. The van der Waals surface area contributed by atoms with E-state index in [-0.39, 0.29) is 5.28 Å². The number of halogens is 1. The van der Waals surface area contributed by atoms with Gasteiger partial charge in [0.1, 0.15) is 5.82 Å². The van der Waals surface area contributed by atoms with Gasteiger partial charge in [-0.2, -0.15) is 0 Å². The molecule has 4 N–H and O–H groups in total. The number of nitrogens with one attached hydrogen (secondary N) is 2. The number of hydrogen-bond donors (Lipinski definition) is 3. The van der Waals surface area contributed by atoms with Crippen LogP contribution in [0.2, 0.25) is 5.28 Å². The van der Waals surface area contributed by atoms with Crippen LogP contribution in [0.5, 0.6) is 0 Å². The highest BCUT2D eigenvalue weighted by atomic mass is 35.5. The van der Waals surface area contributed by atoms with Gasteiger partial charge < -0.3 is 16.4 Å². The number of nitrogens with two attached hydrogens (primary N) is 1. The Bertz CT molecular complexity index is 653. The Kier molecular flexibility index (Phi) is 2.76. The van der Waals surface area contributed by atoms with Crippen LogP contribution in [0.4, 0.5) is 11.4 Å². The number of benzene rings is 1. The molecule has 0 aliphatic carbocycles. The number of anilines is 2. The first-order valence-corrected chi connectivity index (χ1v) is 6.15. The van der Waals surface area contributed by atoms with Crippen LogP contribution >= 0.6 is 11.6 Å². The number of hydrogen-bond acceptors (Lipinski definition) is 5. The zero-order valence-electron chi connectivity index (χ0n) is 10.2. The van der Waals surface area contributed by atoms with Crippen molar-refractivity contribution < 1.29 is 0 Å². The SMILES string of the molecule is Cc1cnc(Cl)nc1C(N)=C1Nc2ccccc2N1. The van der Waals surface area contributed by atoms with Gasteiger partial charge in [0.15, 0.2) is 0 Å². The summed E-state index contributed by atoms with van der Waals surface area (Å²) < 4.78 is 0. The Hall–Kier alpha value is -2.27. The second kappa shape index (κ2) is 4.44. The van der Waals surface area contributed by atoms with Crippen LogP contribution in [0.15, 0.2) is 36.3 Å². The third-order valence-electron chi connectivity index (χ3n) is 2.91. The fourth-order valence-corrected chi connectivity index (χ4v) is 2.08. The topological polar surface area (TPSA) is 75.9 Å². The molecule has 0 saturated heterocycles.